The van der Waals surface area contributed by atoms with Crippen molar-refractivity contribution in [3.63, 3.8) is 0 Å². The highest BCUT2D eigenvalue weighted by Gasteiger charge is 2.15. The fourth-order valence-electron chi connectivity index (χ4n) is 3.10. The Morgan fingerprint density at radius 2 is 1.90 bits per heavy atom. The van der Waals surface area contributed by atoms with Gasteiger partial charge in [0, 0.05) is 56.1 Å². The first-order valence-corrected chi connectivity index (χ1v) is 10.4. The molecular formula is C23H26ClN5O. The molecule has 0 spiro atoms. The molecule has 0 radical (unpaired) electrons. The van der Waals surface area contributed by atoms with Crippen molar-refractivity contribution in [2.75, 3.05) is 0 Å². The van der Waals surface area contributed by atoms with Crippen LogP contribution in [0.3, 0.4) is 0 Å². The maximum absolute atomic E-state index is 13.1. The summed E-state index contributed by atoms with van der Waals surface area (Å²) < 4.78 is 1.80. The second-order valence-electron chi connectivity index (χ2n) is 7.11. The Morgan fingerprint density at radius 1 is 1.13 bits per heavy atom. The molecule has 6 nitrogen and oxygen atoms in total. The highest BCUT2D eigenvalue weighted by Crippen LogP contribution is 2.22. The number of hydrogen-bond acceptors (Lipinski definition) is 4. The minimum atomic E-state index is -0.104. The van der Waals surface area contributed by atoms with Crippen molar-refractivity contribution in [3.8, 4) is 0 Å². The monoisotopic (exact) mass is 423 g/mol. The van der Waals surface area contributed by atoms with Crippen LogP contribution < -0.4 is 0 Å². The van der Waals surface area contributed by atoms with Crippen molar-refractivity contribution >= 4 is 23.6 Å². The van der Waals surface area contributed by atoms with Crippen molar-refractivity contribution < 1.29 is 4.79 Å². The first-order valence-electron chi connectivity index (χ1n) is 10.1. The fraction of sp³-hybridized carbons (Fsp3) is 0.304. The van der Waals surface area contributed by atoms with Gasteiger partial charge in [0.15, 0.2) is 0 Å². The third kappa shape index (κ3) is 5.76. The second-order valence-corrected chi connectivity index (χ2v) is 7.47. The maximum Gasteiger partial charge on any atom is 0.247 e. The van der Waals surface area contributed by atoms with Crippen molar-refractivity contribution in [1.82, 2.24) is 24.6 Å². The number of carbonyl (C=O) groups is 1. The molecule has 0 atom stereocenters. The summed E-state index contributed by atoms with van der Waals surface area (Å²) in [6.45, 7) is 5.74. The predicted octanol–water partition coefficient (Wildman–Crippen LogP) is 4.68. The Morgan fingerprint density at radius 3 is 2.60 bits per heavy atom. The van der Waals surface area contributed by atoms with Gasteiger partial charge in [0.1, 0.15) is 5.15 Å². The zero-order valence-electron chi connectivity index (χ0n) is 17.3. The van der Waals surface area contributed by atoms with Gasteiger partial charge in [0.25, 0.3) is 0 Å². The molecule has 3 rings (SSSR count). The Bertz CT molecular complexity index is 944. The molecular weight excluding hydrogens is 398 g/mol. The molecule has 0 aliphatic carbocycles. The van der Waals surface area contributed by atoms with Gasteiger partial charge >= 0.3 is 0 Å². The Labute approximate surface area is 182 Å². The largest absolute Gasteiger partial charge is 0.330 e. The van der Waals surface area contributed by atoms with Crippen LogP contribution >= 0.6 is 11.6 Å². The highest BCUT2D eigenvalue weighted by atomic mass is 35.5. The highest BCUT2D eigenvalue weighted by molar-refractivity contribution is 6.31. The quantitative estimate of drug-likeness (QED) is 0.469. The van der Waals surface area contributed by atoms with Crippen LogP contribution in [-0.2, 0) is 24.4 Å². The SMILES string of the molecule is CCCCn1nc(C)c(C=CC(=O)N(Cc2ccncc2)Cc2cccnc2)c1Cl. The Balaban J connectivity index is 1.79. The molecule has 156 valence electrons. The summed E-state index contributed by atoms with van der Waals surface area (Å²) in [5.41, 5.74) is 3.58. The predicted molar refractivity (Wildman–Crippen MR) is 119 cm³/mol. The summed E-state index contributed by atoms with van der Waals surface area (Å²) in [6, 6.07) is 7.65. The van der Waals surface area contributed by atoms with Crippen LogP contribution in [0, 0.1) is 6.92 Å². The molecule has 0 saturated carbocycles. The van der Waals surface area contributed by atoms with Gasteiger partial charge in [-0.3, -0.25) is 19.4 Å². The zero-order valence-corrected chi connectivity index (χ0v) is 18.1. The molecule has 1 amide bonds. The Kier molecular flexibility index (Phi) is 7.74. The van der Waals surface area contributed by atoms with Gasteiger partial charge < -0.3 is 4.90 Å². The number of aromatic nitrogens is 4. The number of carbonyl (C=O) groups excluding carboxylic acids is 1. The van der Waals surface area contributed by atoms with E-state index in [1.54, 1.807) is 46.5 Å². The first kappa shape index (κ1) is 21.7. The number of pyridine rings is 2. The molecule has 7 heteroatoms. The molecule has 0 fully saturated rings. The molecule has 3 heterocycles. The van der Waals surface area contributed by atoms with Crippen LogP contribution in [-0.4, -0.2) is 30.6 Å². The number of rotatable bonds is 9. The molecule has 0 aliphatic rings. The van der Waals surface area contributed by atoms with E-state index in [9.17, 15) is 4.79 Å². The average Bonchev–Trinajstić information content (AvgIpc) is 3.04. The summed E-state index contributed by atoms with van der Waals surface area (Å²) >= 11 is 6.50. The van der Waals surface area contributed by atoms with Crippen LogP contribution in [0.25, 0.3) is 6.08 Å². The molecule has 0 saturated heterocycles. The molecule has 0 aliphatic heterocycles. The van der Waals surface area contributed by atoms with E-state index in [1.807, 2.05) is 31.2 Å². The minimum absolute atomic E-state index is 0.104. The average molecular weight is 424 g/mol. The number of halogens is 1. The van der Waals surface area contributed by atoms with Crippen LogP contribution in [0.15, 0.2) is 55.1 Å². The van der Waals surface area contributed by atoms with Gasteiger partial charge in [-0.05, 0) is 48.7 Å². The number of nitrogens with zero attached hydrogens (tertiary/aromatic N) is 5. The third-order valence-electron chi connectivity index (χ3n) is 4.76. The van der Waals surface area contributed by atoms with E-state index in [-0.39, 0.29) is 5.91 Å². The van der Waals surface area contributed by atoms with E-state index >= 15 is 0 Å². The number of amides is 1. The van der Waals surface area contributed by atoms with E-state index in [2.05, 4.69) is 22.0 Å². The lowest BCUT2D eigenvalue weighted by molar-refractivity contribution is -0.127. The van der Waals surface area contributed by atoms with Gasteiger partial charge in [-0.25, -0.2) is 0 Å². The fourth-order valence-corrected chi connectivity index (χ4v) is 3.43. The van der Waals surface area contributed by atoms with Gasteiger partial charge in [0.2, 0.25) is 5.91 Å². The smallest absolute Gasteiger partial charge is 0.247 e. The normalized spacial score (nSPS) is 11.2. The summed E-state index contributed by atoms with van der Waals surface area (Å²) in [6.07, 6.45) is 12.4. The van der Waals surface area contributed by atoms with Crippen molar-refractivity contribution in [3.05, 3.63) is 82.7 Å². The lowest BCUT2D eigenvalue weighted by Crippen LogP contribution is -2.28. The first-order chi connectivity index (χ1) is 14.6. The summed E-state index contributed by atoms with van der Waals surface area (Å²) in [4.78, 5) is 23.0. The maximum atomic E-state index is 13.1. The van der Waals surface area contributed by atoms with E-state index < -0.39 is 0 Å². The topological polar surface area (TPSA) is 63.9 Å². The molecule has 3 aromatic rings. The number of aryl methyl sites for hydroxylation is 2. The number of unbranched alkanes of at least 4 members (excludes halogenated alkanes) is 1. The molecule has 30 heavy (non-hydrogen) atoms. The molecule has 3 aromatic heterocycles. The summed E-state index contributed by atoms with van der Waals surface area (Å²) in [7, 11) is 0. The molecule has 0 aromatic carbocycles. The van der Waals surface area contributed by atoms with Gasteiger partial charge in [-0.1, -0.05) is 31.0 Å². The third-order valence-corrected chi connectivity index (χ3v) is 5.15. The second kappa shape index (κ2) is 10.7. The van der Waals surface area contributed by atoms with Crippen molar-refractivity contribution in [2.24, 2.45) is 0 Å². The molecule has 0 unspecified atom stereocenters. The zero-order chi connectivity index (χ0) is 21.3. The van der Waals surface area contributed by atoms with E-state index in [1.165, 1.54) is 0 Å². The van der Waals surface area contributed by atoms with Gasteiger partial charge in [-0.2, -0.15) is 5.10 Å². The lowest BCUT2D eigenvalue weighted by Gasteiger charge is -2.21. The standard InChI is InChI=1S/C23H26ClN5O/c1-3-4-14-29-23(24)21(18(2)27-29)7-8-22(30)28(16-19-9-12-25-13-10-19)17-20-6-5-11-26-15-20/h5-13,15H,3-4,14,16-17H2,1-2H3. The number of hydrogen-bond donors (Lipinski definition) is 0. The van der Waals surface area contributed by atoms with Gasteiger partial charge in [-0.15, -0.1) is 0 Å². The van der Waals surface area contributed by atoms with E-state index in [4.69, 9.17) is 11.6 Å². The lowest BCUT2D eigenvalue weighted by atomic mass is 10.2. The van der Waals surface area contributed by atoms with Crippen molar-refractivity contribution in [1.29, 1.82) is 0 Å². The summed E-state index contributed by atoms with van der Waals surface area (Å²) in [5.74, 6) is -0.104. The van der Waals surface area contributed by atoms with Crippen molar-refractivity contribution in [2.45, 2.75) is 46.3 Å². The molecule has 0 N–H and O–H groups in total. The van der Waals surface area contributed by atoms with Gasteiger partial charge in [0.05, 0.1) is 5.69 Å². The Hall–Kier alpha value is -2.99. The van der Waals surface area contributed by atoms with Crippen LogP contribution in [0.2, 0.25) is 5.15 Å². The van der Waals surface area contributed by atoms with Crippen LogP contribution in [0.4, 0.5) is 0 Å². The minimum Gasteiger partial charge on any atom is -0.330 e. The van der Waals surface area contributed by atoms with Crippen LogP contribution in [0.1, 0.15) is 42.1 Å². The van der Waals surface area contributed by atoms with Crippen LogP contribution in [0.5, 0.6) is 0 Å². The van der Waals surface area contributed by atoms with E-state index in [0.29, 0.717) is 18.2 Å². The summed E-state index contributed by atoms with van der Waals surface area (Å²) in [5, 5.41) is 5.07. The molecule has 0 bridgehead atoms. The van der Waals surface area contributed by atoms with E-state index in [0.717, 1.165) is 41.8 Å².